The molecule has 0 saturated heterocycles. The van der Waals surface area contributed by atoms with Gasteiger partial charge in [-0.15, -0.1) is 0 Å². The van der Waals surface area contributed by atoms with Crippen LogP contribution >= 0.6 is 0 Å². The summed E-state index contributed by atoms with van der Waals surface area (Å²) in [7, 11) is 0. The minimum absolute atomic E-state index is 0.152. The predicted molar refractivity (Wildman–Crippen MR) is 88.9 cm³/mol. The number of H-pyrrole nitrogens is 1. The summed E-state index contributed by atoms with van der Waals surface area (Å²) in [5.74, 6) is 1.27. The largest absolute Gasteiger partial charge is 0.444 e. The molecule has 0 aliphatic heterocycles. The van der Waals surface area contributed by atoms with Crippen molar-refractivity contribution in [1.82, 2.24) is 15.3 Å². The van der Waals surface area contributed by atoms with Crippen molar-refractivity contribution in [2.45, 2.75) is 79.4 Å². The van der Waals surface area contributed by atoms with Gasteiger partial charge in [0.1, 0.15) is 11.4 Å². The van der Waals surface area contributed by atoms with Gasteiger partial charge in [-0.25, -0.2) is 9.78 Å². The first-order chi connectivity index (χ1) is 10.2. The lowest BCUT2D eigenvalue weighted by Crippen LogP contribution is -2.35. The van der Waals surface area contributed by atoms with Crippen LogP contribution in [-0.2, 0) is 17.6 Å². The first kappa shape index (κ1) is 18.5. The van der Waals surface area contributed by atoms with Crippen LogP contribution in [0.3, 0.4) is 0 Å². The van der Waals surface area contributed by atoms with E-state index in [4.69, 9.17) is 4.74 Å². The molecular formula is C17H31N3O2. The second kappa shape index (κ2) is 7.65. The molecule has 2 N–H and O–H groups in total. The van der Waals surface area contributed by atoms with E-state index in [-0.39, 0.29) is 6.04 Å². The molecule has 0 bridgehead atoms. The molecule has 1 aromatic heterocycles. The summed E-state index contributed by atoms with van der Waals surface area (Å²) in [6.45, 7) is 14.1. The average molecular weight is 309 g/mol. The topological polar surface area (TPSA) is 67.0 Å². The number of alkyl carbamates (subject to hydrolysis) is 1. The maximum Gasteiger partial charge on any atom is 0.408 e. The Morgan fingerprint density at radius 1 is 1.27 bits per heavy atom. The van der Waals surface area contributed by atoms with E-state index in [2.05, 4.69) is 43.0 Å². The van der Waals surface area contributed by atoms with Crippen molar-refractivity contribution >= 4 is 6.09 Å². The minimum Gasteiger partial charge on any atom is -0.444 e. The van der Waals surface area contributed by atoms with Crippen molar-refractivity contribution in [3.8, 4) is 0 Å². The molecular weight excluding hydrogens is 278 g/mol. The first-order valence-corrected chi connectivity index (χ1v) is 8.23. The lowest BCUT2D eigenvalue weighted by atomic mass is 10.0. The number of hydrogen-bond donors (Lipinski definition) is 2. The smallest absolute Gasteiger partial charge is 0.408 e. The van der Waals surface area contributed by atoms with E-state index < -0.39 is 11.7 Å². The summed E-state index contributed by atoms with van der Waals surface area (Å²) in [6.07, 6.45) is 2.22. The Morgan fingerprint density at radius 3 is 2.32 bits per heavy atom. The molecule has 0 radical (unpaired) electrons. The highest BCUT2D eigenvalue weighted by Gasteiger charge is 2.24. The number of nitrogens with one attached hydrogen (secondary N) is 2. The highest BCUT2D eigenvalue weighted by molar-refractivity contribution is 5.68. The van der Waals surface area contributed by atoms with Crippen molar-refractivity contribution < 1.29 is 9.53 Å². The van der Waals surface area contributed by atoms with E-state index in [0.29, 0.717) is 5.92 Å². The summed E-state index contributed by atoms with van der Waals surface area (Å²) >= 11 is 0. The van der Waals surface area contributed by atoms with Crippen LogP contribution in [0, 0.1) is 5.92 Å². The Balaban J connectivity index is 2.93. The summed E-state index contributed by atoms with van der Waals surface area (Å²) in [4.78, 5) is 20.1. The molecule has 5 nitrogen and oxygen atoms in total. The van der Waals surface area contributed by atoms with Gasteiger partial charge in [-0.1, -0.05) is 27.7 Å². The summed E-state index contributed by atoms with van der Waals surface area (Å²) < 4.78 is 5.37. The fourth-order valence-corrected chi connectivity index (χ4v) is 2.38. The molecule has 126 valence electrons. The summed E-state index contributed by atoms with van der Waals surface area (Å²) in [5, 5.41) is 2.96. The van der Waals surface area contributed by atoms with Gasteiger partial charge in [0.05, 0.1) is 11.7 Å². The van der Waals surface area contributed by atoms with Crippen LogP contribution in [0.4, 0.5) is 4.79 Å². The Hall–Kier alpha value is -1.52. The number of carbonyl (C=O) groups excluding carboxylic acids is 1. The Morgan fingerprint density at radius 2 is 1.91 bits per heavy atom. The van der Waals surface area contributed by atoms with Gasteiger partial charge < -0.3 is 15.0 Å². The number of rotatable bonds is 6. The number of nitrogens with zero attached hydrogens (tertiary/aromatic N) is 1. The molecule has 1 unspecified atom stereocenters. The van der Waals surface area contributed by atoms with Gasteiger partial charge >= 0.3 is 6.09 Å². The molecule has 1 rings (SSSR count). The molecule has 0 aliphatic carbocycles. The van der Waals surface area contributed by atoms with Crippen LogP contribution in [-0.4, -0.2) is 21.7 Å². The van der Waals surface area contributed by atoms with E-state index >= 15 is 0 Å². The van der Waals surface area contributed by atoms with E-state index in [1.807, 2.05) is 20.8 Å². The molecule has 1 amide bonds. The SMILES string of the molecule is CCc1nc(C(CC(C)C)NC(=O)OC(C)(C)C)[nH]c1CC. The number of aryl methyl sites for hydroxylation is 2. The van der Waals surface area contributed by atoms with Gasteiger partial charge in [0.2, 0.25) is 0 Å². The molecule has 0 aromatic carbocycles. The van der Waals surface area contributed by atoms with Gasteiger partial charge in [0, 0.05) is 5.69 Å². The zero-order valence-electron chi connectivity index (χ0n) is 15.0. The number of imidazole rings is 1. The van der Waals surface area contributed by atoms with Crippen molar-refractivity contribution in [1.29, 1.82) is 0 Å². The monoisotopic (exact) mass is 309 g/mol. The van der Waals surface area contributed by atoms with E-state index in [1.54, 1.807) is 0 Å². The van der Waals surface area contributed by atoms with E-state index in [0.717, 1.165) is 36.5 Å². The Labute approximate surface area is 134 Å². The molecule has 0 fully saturated rings. The normalized spacial score (nSPS) is 13.3. The second-order valence-corrected chi connectivity index (χ2v) is 7.08. The Kier molecular flexibility index (Phi) is 6.45. The minimum atomic E-state index is -0.501. The first-order valence-electron chi connectivity index (χ1n) is 8.23. The van der Waals surface area contributed by atoms with Gasteiger partial charge in [0.15, 0.2) is 0 Å². The zero-order valence-corrected chi connectivity index (χ0v) is 15.0. The zero-order chi connectivity index (χ0) is 16.9. The molecule has 0 saturated carbocycles. The average Bonchev–Trinajstić information content (AvgIpc) is 2.78. The fraction of sp³-hybridized carbons (Fsp3) is 0.765. The molecule has 1 aromatic rings. The number of aromatic nitrogens is 2. The van der Waals surface area contributed by atoms with Crippen LogP contribution in [0.5, 0.6) is 0 Å². The van der Waals surface area contributed by atoms with Gasteiger partial charge in [0.25, 0.3) is 0 Å². The standard InChI is InChI=1S/C17H31N3O2/c1-8-12-13(9-2)19-15(18-12)14(10-11(3)4)20-16(21)22-17(5,6)7/h11,14H,8-10H2,1-7H3,(H,18,19)(H,20,21). The molecule has 5 heteroatoms. The number of ether oxygens (including phenoxy) is 1. The molecule has 0 spiro atoms. The fourth-order valence-electron chi connectivity index (χ4n) is 2.38. The third-order valence-corrected chi connectivity index (χ3v) is 3.30. The van der Waals surface area contributed by atoms with Crippen molar-refractivity contribution in [2.75, 3.05) is 0 Å². The van der Waals surface area contributed by atoms with E-state index in [9.17, 15) is 4.79 Å². The number of carbonyl (C=O) groups is 1. The maximum absolute atomic E-state index is 12.1. The van der Waals surface area contributed by atoms with Crippen LogP contribution in [0.1, 0.15) is 78.1 Å². The highest BCUT2D eigenvalue weighted by atomic mass is 16.6. The number of hydrogen-bond acceptors (Lipinski definition) is 3. The molecule has 1 atom stereocenters. The third kappa shape index (κ3) is 5.70. The van der Waals surface area contributed by atoms with E-state index in [1.165, 1.54) is 0 Å². The van der Waals surface area contributed by atoms with Crippen molar-refractivity contribution in [2.24, 2.45) is 5.92 Å². The number of aromatic amines is 1. The van der Waals surface area contributed by atoms with Gasteiger partial charge in [-0.2, -0.15) is 0 Å². The van der Waals surface area contributed by atoms with Crippen LogP contribution in [0.15, 0.2) is 0 Å². The maximum atomic E-state index is 12.1. The molecule has 0 aliphatic rings. The summed E-state index contributed by atoms with van der Waals surface area (Å²) in [5.41, 5.74) is 1.73. The lowest BCUT2D eigenvalue weighted by Gasteiger charge is -2.23. The van der Waals surface area contributed by atoms with Crippen LogP contribution in [0.25, 0.3) is 0 Å². The van der Waals surface area contributed by atoms with Gasteiger partial charge in [-0.05, 0) is 46.0 Å². The quantitative estimate of drug-likeness (QED) is 0.829. The predicted octanol–water partition coefficient (Wildman–Crippen LogP) is 4.15. The van der Waals surface area contributed by atoms with Gasteiger partial charge in [-0.3, -0.25) is 0 Å². The summed E-state index contributed by atoms with van der Waals surface area (Å²) in [6, 6.07) is -0.152. The van der Waals surface area contributed by atoms with Crippen molar-refractivity contribution in [3.05, 3.63) is 17.2 Å². The third-order valence-electron chi connectivity index (χ3n) is 3.30. The van der Waals surface area contributed by atoms with Crippen molar-refractivity contribution in [3.63, 3.8) is 0 Å². The lowest BCUT2D eigenvalue weighted by molar-refractivity contribution is 0.0495. The molecule has 22 heavy (non-hydrogen) atoms. The highest BCUT2D eigenvalue weighted by Crippen LogP contribution is 2.22. The van der Waals surface area contributed by atoms with Crippen LogP contribution in [0.2, 0.25) is 0 Å². The van der Waals surface area contributed by atoms with Crippen LogP contribution < -0.4 is 5.32 Å². The molecule has 1 heterocycles. The Bertz CT molecular complexity index is 465. The second-order valence-electron chi connectivity index (χ2n) is 7.08. The number of amides is 1.